The molecule has 0 bridgehead atoms. The molecule has 0 aliphatic heterocycles. The van der Waals surface area contributed by atoms with Crippen molar-refractivity contribution in [3.63, 3.8) is 0 Å². The molecule has 5 nitrogen and oxygen atoms in total. The maximum absolute atomic E-state index is 13.0. The van der Waals surface area contributed by atoms with E-state index in [1.165, 1.54) is 30.0 Å². The molecule has 0 aliphatic carbocycles. The lowest BCUT2D eigenvalue weighted by Crippen LogP contribution is -2.47. The number of para-hydroxylation sites is 1. The van der Waals surface area contributed by atoms with Gasteiger partial charge in [0.25, 0.3) is 0 Å². The van der Waals surface area contributed by atoms with E-state index in [9.17, 15) is 13.2 Å². The number of hydrogen-bond acceptors (Lipinski definition) is 4. The van der Waals surface area contributed by atoms with Gasteiger partial charge in [-0.2, -0.15) is 0 Å². The summed E-state index contributed by atoms with van der Waals surface area (Å²) in [7, 11) is -3.77. The fourth-order valence-corrected chi connectivity index (χ4v) is 4.95. The van der Waals surface area contributed by atoms with Gasteiger partial charge in [-0.25, -0.2) is 8.42 Å². The lowest BCUT2D eigenvalue weighted by Gasteiger charge is -2.30. The Morgan fingerprint density at radius 1 is 1.19 bits per heavy atom. The van der Waals surface area contributed by atoms with Crippen molar-refractivity contribution in [3.8, 4) is 0 Å². The summed E-state index contributed by atoms with van der Waals surface area (Å²) in [6.45, 7) is 1.75. The highest BCUT2D eigenvalue weighted by Crippen LogP contribution is 2.30. The van der Waals surface area contributed by atoms with Crippen molar-refractivity contribution in [1.82, 2.24) is 0 Å². The molecule has 1 amide bonds. The third-order valence-electron chi connectivity index (χ3n) is 3.80. The van der Waals surface area contributed by atoms with Crippen molar-refractivity contribution in [3.05, 3.63) is 52.5 Å². The van der Waals surface area contributed by atoms with E-state index < -0.39 is 22.0 Å². The fourth-order valence-electron chi connectivity index (χ4n) is 2.69. The second-order valence-corrected chi connectivity index (χ2v) is 9.38. The van der Waals surface area contributed by atoms with Crippen molar-refractivity contribution >= 4 is 62.3 Å². The van der Waals surface area contributed by atoms with Gasteiger partial charge in [-0.3, -0.25) is 9.10 Å². The molecular formula is C18H20Cl2N2O3S2. The van der Waals surface area contributed by atoms with E-state index in [4.69, 9.17) is 23.2 Å². The van der Waals surface area contributed by atoms with Crippen LogP contribution < -0.4 is 9.62 Å². The Hall–Kier alpha value is -1.41. The second-order valence-electron chi connectivity index (χ2n) is 5.80. The van der Waals surface area contributed by atoms with Gasteiger partial charge in [0.2, 0.25) is 15.9 Å². The third kappa shape index (κ3) is 5.54. The molecule has 0 spiro atoms. The highest BCUT2D eigenvalue weighted by molar-refractivity contribution is 7.98. The minimum Gasteiger partial charge on any atom is -0.323 e. The van der Waals surface area contributed by atoms with Crippen LogP contribution in [0, 0.1) is 0 Å². The summed E-state index contributed by atoms with van der Waals surface area (Å²) in [6.07, 6.45) is 3.22. The van der Waals surface area contributed by atoms with Crippen molar-refractivity contribution in [2.75, 3.05) is 22.1 Å². The summed E-state index contributed by atoms with van der Waals surface area (Å²) in [5.41, 5.74) is 0.876. The smallest absolute Gasteiger partial charge is 0.248 e. The van der Waals surface area contributed by atoms with Gasteiger partial charge < -0.3 is 5.32 Å². The topological polar surface area (TPSA) is 66.5 Å². The van der Waals surface area contributed by atoms with Crippen LogP contribution >= 0.6 is 35.0 Å². The number of thioether (sulfide) groups is 1. The molecule has 146 valence electrons. The molecule has 0 saturated heterocycles. The molecule has 0 aromatic heterocycles. The van der Waals surface area contributed by atoms with Crippen LogP contribution in [-0.2, 0) is 14.8 Å². The largest absolute Gasteiger partial charge is 0.323 e. The average molecular weight is 447 g/mol. The molecule has 0 radical (unpaired) electrons. The van der Waals surface area contributed by atoms with Gasteiger partial charge in [-0.1, -0.05) is 42.3 Å². The molecular weight excluding hydrogens is 427 g/mol. The van der Waals surface area contributed by atoms with Crippen LogP contribution in [0.3, 0.4) is 0 Å². The first-order valence-electron chi connectivity index (χ1n) is 8.06. The molecule has 0 fully saturated rings. The van der Waals surface area contributed by atoms with Crippen LogP contribution in [0.4, 0.5) is 11.4 Å². The molecule has 2 aromatic carbocycles. The standard InChI is InChI=1S/C18H20Cl2N2O3S2/c1-4-16(18(23)21-15-7-5-6-8-17(15)26-2)22(27(3,24)25)14-10-12(19)9-13(20)11-14/h5-11,16H,4H2,1-3H3,(H,21,23)/t16-/m0/s1. The van der Waals surface area contributed by atoms with Crippen LogP contribution in [0.2, 0.25) is 10.0 Å². The van der Waals surface area contributed by atoms with Gasteiger partial charge in [0, 0.05) is 14.9 Å². The molecule has 0 saturated carbocycles. The van der Waals surface area contributed by atoms with Crippen molar-refractivity contribution < 1.29 is 13.2 Å². The third-order valence-corrected chi connectivity index (χ3v) is 6.21. The van der Waals surface area contributed by atoms with Gasteiger partial charge in [-0.15, -0.1) is 11.8 Å². The van der Waals surface area contributed by atoms with Crippen LogP contribution in [0.25, 0.3) is 0 Å². The summed E-state index contributed by atoms with van der Waals surface area (Å²) in [4.78, 5) is 13.8. The Labute approximate surface area is 174 Å². The van der Waals surface area contributed by atoms with E-state index >= 15 is 0 Å². The van der Waals surface area contributed by atoms with E-state index in [0.717, 1.165) is 15.5 Å². The first kappa shape index (κ1) is 21.9. The SMILES string of the molecule is CC[C@@H](C(=O)Nc1ccccc1SC)N(c1cc(Cl)cc(Cl)c1)S(C)(=O)=O. The predicted octanol–water partition coefficient (Wildman–Crippen LogP) is 4.90. The van der Waals surface area contributed by atoms with Gasteiger partial charge >= 0.3 is 0 Å². The van der Waals surface area contributed by atoms with Crippen LogP contribution in [0.1, 0.15) is 13.3 Å². The summed E-state index contributed by atoms with van der Waals surface area (Å²) in [5, 5.41) is 3.40. The Bertz CT molecular complexity index is 916. The van der Waals surface area contributed by atoms with Gasteiger partial charge in [-0.05, 0) is 43.0 Å². The minimum absolute atomic E-state index is 0.246. The van der Waals surface area contributed by atoms with Gasteiger partial charge in [0.15, 0.2) is 0 Å². The lowest BCUT2D eigenvalue weighted by atomic mass is 10.2. The summed E-state index contributed by atoms with van der Waals surface area (Å²) in [6, 6.07) is 10.8. The predicted molar refractivity (Wildman–Crippen MR) is 115 cm³/mol. The molecule has 0 unspecified atom stereocenters. The average Bonchev–Trinajstić information content (AvgIpc) is 2.57. The monoisotopic (exact) mass is 446 g/mol. The zero-order valence-electron chi connectivity index (χ0n) is 15.1. The number of rotatable bonds is 7. The Morgan fingerprint density at radius 2 is 1.78 bits per heavy atom. The van der Waals surface area contributed by atoms with Crippen LogP contribution in [0.15, 0.2) is 47.4 Å². The summed E-state index contributed by atoms with van der Waals surface area (Å²) < 4.78 is 26.0. The minimum atomic E-state index is -3.77. The van der Waals surface area contributed by atoms with Gasteiger partial charge in [0.05, 0.1) is 17.6 Å². The normalized spacial score (nSPS) is 12.5. The number of amides is 1. The molecule has 2 rings (SSSR count). The Kier molecular flexibility index (Phi) is 7.45. The number of hydrogen-bond donors (Lipinski definition) is 1. The highest BCUT2D eigenvalue weighted by atomic mass is 35.5. The number of carbonyl (C=O) groups is 1. The zero-order chi connectivity index (χ0) is 20.2. The van der Waals surface area contributed by atoms with E-state index in [0.29, 0.717) is 5.69 Å². The molecule has 2 aromatic rings. The Morgan fingerprint density at radius 3 is 2.30 bits per heavy atom. The van der Waals surface area contributed by atoms with E-state index in [1.54, 1.807) is 19.1 Å². The number of benzene rings is 2. The maximum Gasteiger partial charge on any atom is 0.248 e. The number of halogens is 2. The van der Waals surface area contributed by atoms with Gasteiger partial charge in [0.1, 0.15) is 6.04 Å². The number of carbonyl (C=O) groups excluding carboxylic acids is 1. The Balaban J connectivity index is 2.44. The van der Waals surface area contributed by atoms with Crippen LogP contribution in [0.5, 0.6) is 0 Å². The lowest BCUT2D eigenvalue weighted by molar-refractivity contribution is -0.117. The van der Waals surface area contributed by atoms with E-state index in [2.05, 4.69) is 5.32 Å². The molecule has 1 N–H and O–H groups in total. The number of anilines is 2. The molecule has 9 heteroatoms. The first-order valence-corrected chi connectivity index (χ1v) is 11.9. The first-order chi connectivity index (χ1) is 12.7. The maximum atomic E-state index is 13.0. The molecule has 0 aliphatic rings. The number of nitrogens with zero attached hydrogens (tertiary/aromatic N) is 1. The second kappa shape index (κ2) is 9.19. The molecule has 1 atom stereocenters. The molecule has 0 heterocycles. The van der Waals surface area contributed by atoms with E-state index in [1.807, 2.05) is 18.4 Å². The fraction of sp³-hybridized carbons (Fsp3) is 0.278. The van der Waals surface area contributed by atoms with E-state index in [-0.39, 0.29) is 22.2 Å². The van der Waals surface area contributed by atoms with Crippen molar-refractivity contribution in [2.24, 2.45) is 0 Å². The van der Waals surface area contributed by atoms with Crippen molar-refractivity contribution in [1.29, 1.82) is 0 Å². The zero-order valence-corrected chi connectivity index (χ0v) is 18.2. The summed E-state index contributed by atoms with van der Waals surface area (Å²) >= 11 is 13.6. The van der Waals surface area contributed by atoms with Crippen molar-refractivity contribution in [2.45, 2.75) is 24.3 Å². The number of nitrogens with one attached hydrogen (secondary N) is 1. The number of sulfonamides is 1. The highest BCUT2D eigenvalue weighted by Gasteiger charge is 2.32. The quantitative estimate of drug-likeness (QED) is 0.614. The summed E-state index contributed by atoms with van der Waals surface area (Å²) in [5.74, 6) is -0.430. The molecule has 27 heavy (non-hydrogen) atoms. The van der Waals surface area contributed by atoms with Crippen LogP contribution in [-0.4, -0.2) is 32.9 Å².